The van der Waals surface area contributed by atoms with E-state index < -0.39 is 0 Å². The van der Waals surface area contributed by atoms with E-state index in [1.807, 2.05) is 6.07 Å². The van der Waals surface area contributed by atoms with E-state index in [1.165, 1.54) is 4.70 Å². The molecule has 3 rings (SSSR count). The van der Waals surface area contributed by atoms with Crippen molar-refractivity contribution in [3.8, 4) is 0 Å². The molecule has 4 heteroatoms. The third-order valence-corrected chi connectivity index (χ3v) is 3.92. The Morgan fingerprint density at radius 1 is 1.12 bits per heavy atom. The largest absolute Gasteiger partial charge is 0.347 e. The van der Waals surface area contributed by atoms with Crippen LogP contribution < -0.4 is 10.2 Å². The van der Waals surface area contributed by atoms with Crippen LogP contribution >= 0.6 is 11.3 Å². The Kier molecular flexibility index (Phi) is 2.76. The molecule has 16 heavy (non-hydrogen) atoms. The van der Waals surface area contributed by atoms with E-state index in [1.54, 1.807) is 11.3 Å². The van der Waals surface area contributed by atoms with Crippen molar-refractivity contribution in [2.45, 2.75) is 6.42 Å². The van der Waals surface area contributed by atoms with E-state index in [0.29, 0.717) is 0 Å². The topological polar surface area (TPSA) is 30.2 Å². The minimum absolute atomic E-state index is 0.940. The van der Waals surface area contributed by atoms with Gasteiger partial charge in [0.2, 0.25) is 0 Å². The second-order valence-corrected chi connectivity index (χ2v) is 4.98. The highest BCUT2D eigenvalue weighted by Crippen LogP contribution is 2.28. The molecule has 0 bridgehead atoms. The molecule has 83 valence electrons. The molecule has 2 aromatic rings. The van der Waals surface area contributed by atoms with Gasteiger partial charge in [0.25, 0.3) is 0 Å². The summed E-state index contributed by atoms with van der Waals surface area (Å²) in [7, 11) is 0. The molecule has 0 atom stereocenters. The number of thiazole rings is 1. The summed E-state index contributed by atoms with van der Waals surface area (Å²) < 4.78 is 1.28. The molecule has 0 saturated carbocycles. The molecule has 1 saturated heterocycles. The fraction of sp³-hybridized carbons (Fsp3) is 0.417. The zero-order chi connectivity index (χ0) is 10.8. The van der Waals surface area contributed by atoms with Gasteiger partial charge in [0.05, 0.1) is 10.2 Å². The van der Waals surface area contributed by atoms with Crippen molar-refractivity contribution in [3.63, 3.8) is 0 Å². The summed E-state index contributed by atoms with van der Waals surface area (Å²) in [5, 5.41) is 5.59. The first-order chi connectivity index (χ1) is 7.93. The molecule has 0 aliphatic carbocycles. The molecule has 0 amide bonds. The fourth-order valence-corrected chi connectivity index (χ4v) is 2.99. The first-order valence-electron chi connectivity index (χ1n) is 5.67. The van der Waals surface area contributed by atoms with Gasteiger partial charge < -0.3 is 4.90 Å². The summed E-state index contributed by atoms with van der Waals surface area (Å²) in [6, 6.07) is 8.34. The maximum Gasteiger partial charge on any atom is 0.186 e. The molecule has 0 spiro atoms. The molecule has 1 fully saturated rings. The van der Waals surface area contributed by atoms with Gasteiger partial charge in [0, 0.05) is 26.2 Å². The predicted molar refractivity (Wildman–Crippen MR) is 68.3 cm³/mol. The fourth-order valence-electron chi connectivity index (χ4n) is 1.97. The van der Waals surface area contributed by atoms with Crippen molar-refractivity contribution in [1.82, 2.24) is 10.3 Å². The van der Waals surface area contributed by atoms with Crippen molar-refractivity contribution < 1.29 is 0 Å². The van der Waals surface area contributed by atoms with Crippen LogP contribution in [0.3, 0.4) is 0 Å². The van der Waals surface area contributed by atoms with Crippen LogP contribution in [0.1, 0.15) is 6.42 Å². The number of rotatable bonds is 1. The molecule has 1 aromatic carbocycles. The van der Waals surface area contributed by atoms with Crippen LogP contribution in [0.2, 0.25) is 0 Å². The van der Waals surface area contributed by atoms with E-state index in [9.17, 15) is 0 Å². The Morgan fingerprint density at radius 2 is 2.06 bits per heavy atom. The molecule has 2 heterocycles. The molecule has 1 aliphatic heterocycles. The predicted octanol–water partition coefficient (Wildman–Crippen LogP) is 2.11. The van der Waals surface area contributed by atoms with Gasteiger partial charge in [-0.05, 0) is 18.6 Å². The Hall–Kier alpha value is -1.13. The van der Waals surface area contributed by atoms with Crippen LogP contribution in [0.25, 0.3) is 10.2 Å². The number of hydrogen-bond acceptors (Lipinski definition) is 3. The summed E-state index contributed by atoms with van der Waals surface area (Å²) in [6.07, 6.45) is 1.15. The maximum absolute atomic E-state index is 4.68. The second kappa shape index (κ2) is 4.39. The molecule has 1 aromatic heterocycles. The lowest BCUT2D eigenvalue weighted by atomic mass is 10.3. The van der Waals surface area contributed by atoms with E-state index >= 15 is 0 Å². The SMILES string of the molecule is c1ccc2sc(N3CCC[N]CC3)nc2c1. The van der Waals surface area contributed by atoms with E-state index in [0.717, 1.165) is 43.2 Å². The van der Waals surface area contributed by atoms with Crippen molar-refractivity contribution in [2.24, 2.45) is 0 Å². The Balaban J connectivity index is 1.92. The van der Waals surface area contributed by atoms with E-state index in [4.69, 9.17) is 0 Å². The zero-order valence-electron chi connectivity index (χ0n) is 9.09. The standard InChI is InChI=1S/C12H14N3S/c1-2-5-11-10(4-1)14-12(16-11)15-8-3-6-13-7-9-15/h1-2,4-5H,3,6-9H2. The molecular weight excluding hydrogens is 218 g/mol. The number of benzene rings is 1. The summed E-state index contributed by atoms with van der Waals surface area (Å²) in [6.45, 7) is 4.04. The quantitative estimate of drug-likeness (QED) is 0.754. The number of anilines is 1. The normalized spacial score (nSPS) is 17.6. The molecule has 0 unspecified atom stereocenters. The van der Waals surface area contributed by atoms with Gasteiger partial charge in [-0.1, -0.05) is 23.5 Å². The van der Waals surface area contributed by atoms with Crippen molar-refractivity contribution >= 4 is 26.7 Å². The summed E-state index contributed by atoms with van der Waals surface area (Å²) in [4.78, 5) is 7.04. The van der Waals surface area contributed by atoms with Crippen LogP contribution in [0.4, 0.5) is 5.13 Å². The van der Waals surface area contributed by atoms with Gasteiger partial charge in [-0.3, -0.25) is 0 Å². The van der Waals surface area contributed by atoms with Crippen molar-refractivity contribution in [2.75, 3.05) is 31.1 Å². The minimum Gasteiger partial charge on any atom is -0.347 e. The van der Waals surface area contributed by atoms with Crippen LogP contribution in [0.15, 0.2) is 24.3 Å². The van der Waals surface area contributed by atoms with Gasteiger partial charge in [-0.25, -0.2) is 10.3 Å². The number of hydrogen-bond donors (Lipinski definition) is 0. The van der Waals surface area contributed by atoms with Crippen molar-refractivity contribution in [3.05, 3.63) is 24.3 Å². The minimum atomic E-state index is 0.940. The number of nitrogens with zero attached hydrogens (tertiary/aromatic N) is 3. The molecule has 1 radical (unpaired) electrons. The van der Waals surface area contributed by atoms with Gasteiger partial charge in [0.15, 0.2) is 5.13 Å². The lowest BCUT2D eigenvalue weighted by Crippen LogP contribution is -2.26. The zero-order valence-corrected chi connectivity index (χ0v) is 9.91. The number of para-hydroxylation sites is 1. The van der Waals surface area contributed by atoms with Crippen LogP contribution in [0, 0.1) is 0 Å². The molecule has 0 N–H and O–H groups in total. The molecule has 1 aliphatic rings. The van der Waals surface area contributed by atoms with Gasteiger partial charge in [-0.2, -0.15) is 0 Å². The first kappa shape index (κ1) is 10.1. The van der Waals surface area contributed by atoms with Gasteiger partial charge >= 0.3 is 0 Å². The monoisotopic (exact) mass is 232 g/mol. The smallest absolute Gasteiger partial charge is 0.186 e. The summed E-state index contributed by atoms with van der Waals surface area (Å²) in [5.41, 5.74) is 1.11. The second-order valence-electron chi connectivity index (χ2n) is 3.98. The highest BCUT2D eigenvalue weighted by atomic mass is 32.1. The van der Waals surface area contributed by atoms with E-state index in [2.05, 4.69) is 33.4 Å². The van der Waals surface area contributed by atoms with E-state index in [-0.39, 0.29) is 0 Å². The van der Waals surface area contributed by atoms with Gasteiger partial charge in [0.1, 0.15) is 0 Å². The highest BCUT2D eigenvalue weighted by Gasteiger charge is 2.13. The lowest BCUT2D eigenvalue weighted by Gasteiger charge is -2.17. The third kappa shape index (κ3) is 1.90. The summed E-state index contributed by atoms with van der Waals surface area (Å²) in [5.74, 6) is 0. The summed E-state index contributed by atoms with van der Waals surface area (Å²) >= 11 is 1.79. The Labute approximate surface area is 99.1 Å². The lowest BCUT2D eigenvalue weighted by molar-refractivity contribution is 0.709. The van der Waals surface area contributed by atoms with Crippen molar-refractivity contribution in [1.29, 1.82) is 0 Å². The number of fused-ring (bicyclic) bond motifs is 1. The van der Waals surface area contributed by atoms with Gasteiger partial charge in [-0.15, -0.1) is 0 Å². The highest BCUT2D eigenvalue weighted by molar-refractivity contribution is 7.22. The Bertz CT molecular complexity index is 439. The molecule has 3 nitrogen and oxygen atoms in total. The van der Waals surface area contributed by atoms with Crippen LogP contribution in [-0.2, 0) is 0 Å². The third-order valence-electron chi connectivity index (χ3n) is 2.83. The first-order valence-corrected chi connectivity index (χ1v) is 6.49. The average Bonchev–Trinajstić information content (AvgIpc) is 2.56. The van der Waals surface area contributed by atoms with Crippen LogP contribution in [-0.4, -0.2) is 31.2 Å². The molecular formula is C12H14N3S. The maximum atomic E-state index is 4.68. The van der Waals surface area contributed by atoms with Crippen LogP contribution in [0.5, 0.6) is 0 Å². The average molecular weight is 232 g/mol. The number of aromatic nitrogens is 1. The Morgan fingerprint density at radius 3 is 3.00 bits per heavy atom.